The van der Waals surface area contributed by atoms with E-state index in [-0.39, 0.29) is 31.5 Å². The van der Waals surface area contributed by atoms with E-state index in [2.05, 4.69) is 39.7 Å². The molecule has 1 fully saturated rings. The van der Waals surface area contributed by atoms with Gasteiger partial charge in [-0.05, 0) is 80.0 Å². The van der Waals surface area contributed by atoms with Crippen molar-refractivity contribution >= 4 is 46.1 Å². The van der Waals surface area contributed by atoms with Crippen molar-refractivity contribution in [2.75, 3.05) is 13.2 Å². The molecular weight excluding hydrogens is 847 g/mol. The van der Waals surface area contributed by atoms with E-state index in [0.29, 0.717) is 11.6 Å². The fraction of sp³-hybridized carbons (Fsp3) is 0.354. The molecule has 2 aliphatic rings. The summed E-state index contributed by atoms with van der Waals surface area (Å²) in [4.78, 5) is 54.2. The summed E-state index contributed by atoms with van der Waals surface area (Å²) in [7, 11) is 0. The van der Waals surface area contributed by atoms with E-state index >= 15 is 0 Å². The van der Waals surface area contributed by atoms with Crippen LogP contribution in [-0.2, 0) is 14.4 Å². The lowest BCUT2D eigenvalue weighted by atomic mass is 9.85. The Labute approximate surface area is 380 Å². The molecule has 5 N–H and O–H groups in total. The first-order valence-electron chi connectivity index (χ1n) is 21.3. The Morgan fingerprint density at radius 2 is 1.55 bits per heavy atom. The molecule has 0 saturated carbocycles. The third kappa shape index (κ3) is 8.87. The first-order valence-corrected chi connectivity index (χ1v) is 23.0. The number of amides is 3. The van der Waals surface area contributed by atoms with Crippen molar-refractivity contribution in [3.05, 3.63) is 123 Å². The Morgan fingerprint density at radius 1 is 0.906 bits per heavy atom. The van der Waals surface area contributed by atoms with Crippen LogP contribution in [0.15, 0.2) is 83.3 Å². The maximum Gasteiger partial charge on any atom is 0.258 e. The smallest absolute Gasteiger partial charge is 0.258 e. The monoisotopic (exact) mass is 899 g/mol. The Bertz CT molecular complexity index is 2730. The van der Waals surface area contributed by atoms with E-state index in [4.69, 9.17) is 15.5 Å². The number of likely N-dealkylation sites (tertiary alicyclic amines) is 1. The Balaban J connectivity index is 0.887. The molecule has 16 heteroatoms. The molecule has 3 amide bonds. The quantitative estimate of drug-likeness (QED) is 0.107. The van der Waals surface area contributed by atoms with Crippen molar-refractivity contribution in [3.63, 3.8) is 0 Å². The van der Waals surface area contributed by atoms with E-state index < -0.39 is 41.6 Å². The van der Waals surface area contributed by atoms with Gasteiger partial charge in [0.25, 0.3) is 5.91 Å². The predicted octanol–water partition coefficient (Wildman–Crippen LogP) is 6.91. The number of β-amino-alcohol motifs (C(OH)–C–C–N with tert-alkyl or cyclic N) is 1. The molecule has 3 aromatic carbocycles. The second kappa shape index (κ2) is 17.8. The number of aryl methyl sites for hydroxylation is 3. The number of aliphatic hydroxyl groups excluding tert-OH is 1. The number of thiophene rings is 1. The van der Waals surface area contributed by atoms with E-state index in [1.807, 2.05) is 112 Å². The van der Waals surface area contributed by atoms with Crippen LogP contribution in [-0.4, -0.2) is 84.5 Å². The lowest BCUT2D eigenvalue weighted by Crippen LogP contribution is -2.58. The molecule has 0 bridgehead atoms. The summed E-state index contributed by atoms with van der Waals surface area (Å²) in [6.45, 7) is 15.2. The van der Waals surface area contributed by atoms with Crippen molar-refractivity contribution in [2.45, 2.75) is 92.2 Å². The molecule has 6 aromatic rings. The summed E-state index contributed by atoms with van der Waals surface area (Å²) < 4.78 is 7.90. The summed E-state index contributed by atoms with van der Waals surface area (Å²) in [5, 5.41) is 26.2. The van der Waals surface area contributed by atoms with E-state index in [9.17, 15) is 19.5 Å². The summed E-state index contributed by atoms with van der Waals surface area (Å²) >= 11 is 3.26. The Morgan fingerprint density at radius 3 is 2.19 bits per heavy atom. The number of fused-ring (bicyclic) bond motifs is 3. The summed E-state index contributed by atoms with van der Waals surface area (Å²) in [5.74, 6) is 0.548. The second-order valence-electron chi connectivity index (χ2n) is 17.6. The largest absolute Gasteiger partial charge is 0.484 e. The second-order valence-corrected chi connectivity index (χ2v) is 19.7. The van der Waals surface area contributed by atoms with Crippen LogP contribution in [0, 0.1) is 33.1 Å². The Kier molecular flexibility index (Phi) is 12.4. The maximum atomic E-state index is 14.2. The molecule has 5 heterocycles. The molecule has 2 unspecified atom stereocenters. The number of aliphatic imine (C=N–C) groups is 1. The SMILES string of the molecule is Cc1ncsc1-c1ccc([C@H](C)NC(=O)[C@@H]2C[C@@H](O)CN2C(=O)C(NC(=O)COc2ccc(-c3ccc(C4=NC(N)c5nnc(C)n5-c5sc(C)c(C)c54)cc3)cc2)C(C)(C)C)cc1. The highest BCUT2D eigenvalue weighted by molar-refractivity contribution is 7.15. The number of hydrogen-bond acceptors (Lipinski definition) is 12. The molecule has 332 valence electrons. The molecule has 2 aliphatic heterocycles. The lowest BCUT2D eigenvalue weighted by molar-refractivity contribution is -0.144. The van der Waals surface area contributed by atoms with E-state index in [1.165, 1.54) is 9.78 Å². The van der Waals surface area contributed by atoms with Gasteiger partial charge in [-0.15, -0.1) is 32.9 Å². The minimum absolute atomic E-state index is 0.0234. The van der Waals surface area contributed by atoms with Gasteiger partial charge in [0.2, 0.25) is 11.8 Å². The zero-order valence-electron chi connectivity index (χ0n) is 37.2. The highest BCUT2D eigenvalue weighted by atomic mass is 32.1. The van der Waals surface area contributed by atoms with Gasteiger partial charge in [-0.2, -0.15) is 0 Å². The molecule has 0 spiro atoms. The standard InChI is InChI=1S/C48H53N9O5S2/c1-25-28(4)64-47-39(25)40(53-43(49)44-55-54-29(5)57(44)47)33-13-11-31(12-14-33)32-17-19-36(20-18-32)62-23-38(59)52-42(48(6,7)8)46(61)56-22-35(58)21-37(56)45(60)51-26(2)30-9-15-34(16-10-30)41-27(3)50-24-63-41/h9-20,24,26,35,37,42-43,58H,21-23,49H2,1-8H3,(H,51,60)(H,52,59)/t26-,35+,37-,42?,43?/m0/s1. The van der Waals surface area contributed by atoms with Crippen LogP contribution in [0.4, 0.5) is 0 Å². The number of nitrogens with zero attached hydrogens (tertiary/aromatic N) is 6. The topological polar surface area (TPSA) is 190 Å². The summed E-state index contributed by atoms with van der Waals surface area (Å²) in [5.41, 5.74) is 16.4. The molecule has 5 atom stereocenters. The summed E-state index contributed by atoms with van der Waals surface area (Å²) in [6.07, 6.45) is -1.46. The van der Waals surface area contributed by atoms with Gasteiger partial charge < -0.3 is 31.1 Å². The third-order valence-corrected chi connectivity index (χ3v) is 14.1. The number of aliphatic hydroxyl groups is 1. The van der Waals surface area contributed by atoms with Gasteiger partial charge >= 0.3 is 0 Å². The average Bonchev–Trinajstić information content (AvgIpc) is 4.04. The van der Waals surface area contributed by atoms with Gasteiger partial charge in [0.1, 0.15) is 28.7 Å². The van der Waals surface area contributed by atoms with Gasteiger partial charge in [-0.3, -0.25) is 23.9 Å². The van der Waals surface area contributed by atoms with Crippen molar-refractivity contribution in [1.29, 1.82) is 0 Å². The van der Waals surface area contributed by atoms with Gasteiger partial charge in [0.15, 0.2) is 18.6 Å². The molecule has 1 saturated heterocycles. The summed E-state index contributed by atoms with van der Waals surface area (Å²) in [6, 6.07) is 21.3. The first-order chi connectivity index (χ1) is 30.5. The number of benzene rings is 3. The minimum Gasteiger partial charge on any atom is -0.484 e. The zero-order chi connectivity index (χ0) is 45.6. The number of rotatable bonds is 11. The van der Waals surface area contributed by atoms with Crippen LogP contribution in [0.2, 0.25) is 0 Å². The first kappa shape index (κ1) is 44.5. The molecular formula is C48H53N9O5S2. The van der Waals surface area contributed by atoms with Crippen LogP contribution in [0.5, 0.6) is 5.75 Å². The number of nitrogens with one attached hydrogen (secondary N) is 2. The number of aromatic nitrogens is 4. The van der Waals surface area contributed by atoms with Gasteiger partial charge in [-0.25, -0.2) is 4.98 Å². The van der Waals surface area contributed by atoms with Gasteiger partial charge in [-0.1, -0.05) is 81.4 Å². The number of carbonyl (C=O) groups excluding carboxylic acids is 3. The Hall–Kier alpha value is -6.07. The highest BCUT2D eigenvalue weighted by Crippen LogP contribution is 2.38. The molecule has 64 heavy (non-hydrogen) atoms. The number of thiazole rings is 1. The van der Waals surface area contributed by atoms with E-state index in [0.717, 1.165) is 66.1 Å². The van der Waals surface area contributed by atoms with Crippen molar-refractivity contribution < 1.29 is 24.2 Å². The molecule has 0 aliphatic carbocycles. The fourth-order valence-electron chi connectivity index (χ4n) is 8.28. The van der Waals surface area contributed by atoms with Crippen molar-refractivity contribution in [2.24, 2.45) is 16.1 Å². The maximum absolute atomic E-state index is 14.2. The molecule has 3 aromatic heterocycles. The molecule has 14 nitrogen and oxygen atoms in total. The van der Waals surface area contributed by atoms with Crippen molar-refractivity contribution in [3.8, 4) is 32.3 Å². The lowest BCUT2D eigenvalue weighted by Gasteiger charge is -2.35. The van der Waals surface area contributed by atoms with Crippen LogP contribution >= 0.6 is 22.7 Å². The van der Waals surface area contributed by atoms with Crippen LogP contribution in [0.25, 0.3) is 26.6 Å². The number of carbonyl (C=O) groups is 3. The highest BCUT2D eigenvalue weighted by Gasteiger charge is 2.45. The van der Waals surface area contributed by atoms with Crippen LogP contribution in [0.3, 0.4) is 0 Å². The van der Waals surface area contributed by atoms with Crippen LogP contribution < -0.4 is 21.1 Å². The van der Waals surface area contributed by atoms with Crippen molar-refractivity contribution in [1.82, 2.24) is 35.3 Å². The van der Waals surface area contributed by atoms with Crippen LogP contribution in [0.1, 0.15) is 90.8 Å². The zero-order valence-corrected chi connectivity index (χ0v) is 38.8. The predicted molar refractivity (Wildman–Crippen MR) is 250 cm³/mol. The normalized spacial score (nSPS) is 18.1. The van der Waals surface area contributed by atoms with Gasteiger partial charge in [0, 0.05) is 29.0 Å². The minimum atomic E-state index is -0.988. The fourth-order valence-corrected chi connectivity index (χ4v) is 10.3. The van der Waals surface area contributed by atoms with Gasteiger partial charge in [0.05, 0.1) is 33.9 Å². The third-order valence-electron chi connectivity index (χ3n) is 12.0. The molecule has 8 rings (SSSR count). The molecule has 0 radical (unpaired) electrons. The number of nitrogens with two attached hydrogens (primary N) is 1. The number of ether oxygens (including phenoxy) is 1. The average molecular weight is 900 g/mol. The number of hydrogen-bond donors (Lipinski definition) is 4. The van der Waals surface area contributed by atoms with E-state index in [1.54, 1.807) is 34.8 Å².